The number of ether oxygens (including phenoxy) is 1. The Kier molecular flexibility index (Phi) is 9.50. The highest BCUT2D eigenvalue weighted by molar-refractivity contribution is 7.80. The van der Waals surface area contributed by atoms with E-state index in [1.54, 1.807) is 13.3 Å². The Hall–Kier alpha value is -2.17. The van der Waals surface area contributed by atoms with Gasteiger partial charge in [0.15, 0.2) is 0 Å². The predicted octanol–water partition coefficient (Wildman–Crippen LogP) is 1.87. The maximum atomic E-state index is 11.2. The van der Waals surface area contributed by atoms with Crippen LogP contribution in [0.2, 0.25) is 0 Å². The number of aliphatic hydroxyl groups excluding tert-OH is 1. The molecule has 2 aromatic rings. The van der Waals surface area contributed by atoms with Crippen molar-refractivity contribution in [3.05, 3.63) is 48.7 Å². The van der Waals surface area contributed by atoms with Gasteiger partial charge in [-0.25, -0.2) is 0 Å². The molecule has 5 N–H and O–H groups in total. The van der Waals surface area contributed by atoms with E-state index >= 15 is 0 Å². The molecular formula is C20H28N2O10S2. The van der Waals surface area contributed by atoms with Crippen LogP contribution in [0.5, 0.6) is 5.75 Å². The summed E-state index contributed by atoms with van der Waals surface area (Å²) >= 11 is 0. The molecule has 5 atom stereocenters. The first-order valence-electron chi connectivity index (χ1n) is 10.1. The SMILES string of the molecule is C=C[C@H]1CN2CC[C@@H]1C[C@H]2[C@H](O)c1ccnc2ccc(OC)cc12.O=S(=O)(O)O.O=S(=O)(O)O. The van der Waals surface area contributed by atoms with Crippen molar-refractivity contribution in [3.8, 4) is 5.75 Å². The van der Waals surface area contributed by atoms with Crippen LogP contribution in [0.3, 0.4) is 0 Å². The Morgan fingerprint density at radius 2 is 1.76 bits per heavy atom. The van der Waals surface area contributed by atoms with Crippen molar-refractivity contribution in [2.24, 2.45) is 11.8 Å². The van der Waals surface area contributed by atoms with Crippen molar-refractivity contribution in [1.29, 1.82) is 0 Å². The van der Waals surface area contributed by atoms with Gasteiger partial charge in [-0.2, -0.15) is 16.8 Å². The van der Waals surface area contributed by atoms with Crippen molar-refractivity contribution >= 4 is 31.7 Å². The molecule has 1 unspecified atom stereocenters. The van der Waals surface area contributed by atoms with E-state index in [1.807, 2.05) is 24.3 Å². The molecule has 0 radical (unpaired) electrons. The Balaban J connectivity index is 0.000000347. The van der Waals surface area contributed by atoms with Crippen molar-refractivity contribution in [2.45, 2.75) is 25.0 Å². The Morgan fingerprint density at radius 1 is 1.15 bits per heavy atom. The third-order valence-electron chi connectivity index (χ3n) is 5.82. The zero-order valence-electron chi connectivity index (χ0n) is 18.3. The largest absolute Gasteiger partial charge is 0.497 e. The molecule has 1 aromatic heterocycles. The molecule has 0 saturated carbocycles. The molecule has 4 heterocycles. The summed E-state index contributed by atoms with van der Waals surface area (Å²) in [5.41, 5.74) is 1.85. The van der Waals surface area contributed by atoms with Gasteiger partial charge in [0.25, 0.3) is 0 Å². The van der Waals surface area contributed by atoms with Gasteiger partial charge >= 0.3 is 20.8 Å². The molecule has 12 nitrogen and oxygen atoms in total. The number of aromatic nitrogens is 1. The molecule has 14 heteroatoms. The number of hydrogen-bond acceptors (Lipinski definition) is 8. The van der Waals surface area contributed by atoms with Gasteiger partial charge in [-0.15, -0.1) is 6.58 Å². The first kappa shape index (κ1) is 28.1. The molecule has 2 bridgehead atoms. The predicted molar refractivity (Wildman–Crippen MR) is 123 cm³/mol. The van der Waals surface area contributed by atoms with E-state index in [0.717, 1.165) is 41.7 Å². The number of pyridine rings is 1. The number of aliphatic hydroxyl groups is 1. The van der Waals surface area contributed by atoms with Crippen LogP contribution < -0.4 is 4.74 Å². The molecule has 3 saturated heterocycles. The number of piperidine rings is 3. The van der Waals surface area contributed by atoms with E-state index in [1.165, 1.54) is 6.42 Å². The van der Waals surface area contributed by atoms with Crippen LogP contribution in [-0.4, -0.2) is 76.3 Å². The van der Waals surface area contributed by atoms with Crippen LogP contribution in [0.15, 0.2) is 43.1 Å². The van der Waals surface area contributed by atoms with Gasteiger partial charge in [0.05, 0.1) is 18.7 Å². The number of methoxy groups -OCH3 is 1. The molecule has 0 amide bonds. The van der Waals surface area contributed by atoms with Crippen LogP contribution in [0.1, 0.15) is 24.5 Å². The minimum Gasteiger partial charge on any atom is -0.497 e. The van der Waals surface area contributed by atoms with E-state index in [-0.39, 0.29) is 6.04 Å². The maximum absolute atomic E-state index is 11.2. The summed E-state index contributed by atoms with van der Waals surface area (Å²) < 4.78 is 68.5. The fourth-order valence-electron chi connectivity index (χ4n) is 4.44. The molecule has 34 heavy (non-hydrogen) atoms. The van der Waals surface area contributed by atoms with Gasteiger partial charge < -0.3 is 9.84 Å². The van der Waals surface area contributed by atoms with Crippen molar-refractivity contribution < 1.29 is 44.9 Å². The van der Waals surface area contributed by atoms with Crippen LogP contribution in [-0.2, 0) is 20.8 Å². The van der Waals surface area contributed by atoms with E-state index in [4.69, 9.17) is 39.8 Å². The standard InChI is InChI=1S/C20H24N2O2.2H2O4S/c1-3-13-12-22-9-7-14(13)10-19(22)20(23)16-6-8-21-18-5-4-15(24-2)11-17(16)18;2*1-5(2,3)4/h3-6,8,11,13-14,19-20,23H,1,7,9-10,12H2,2H3;2*(H2,1,2,3,4)/t13-,14+,19-,20+;;/m0../s1. The first-order chi connectivity index (χ1) is 15.7. The summed E-state index contributed by atoms with van der Waals surface area (Å²) in [6.45, 7) is 6.07. The third kappa shape index (κ3) is 8.56. The second-order valence-electron chi connectivity index (χ2n) is 7.87. The summed E-state index contributed by atoms with van der Waals surface area (Å²) in [6.07, 6.45) is 5.62. The van der Waals surface area contributed by atoms with Crippen LogP contribution in [0, 0.1) is 11.8 Å². The second kappa shape index (κ2) is 11.5. The summed E-state index contributed by atoms with van der Waals surface area (Å²) in [4.78, 5) is 6.86. The summed E-state index contributed by atoms with van der Waals surface area (Å²) in [7, 11) is -7.67. The van der Waals surface area contributed by atoms with Crippen molar-refractivity contribution in [1.82, 2.24) is 9.88 Å². The summed E-state index contributed by atoms with van der Waals surface area (Å²) in [5, 5.41) is 12.1. The van der Waals surface area contributed by atoms with Gasteiger partial charge in [-0.05, 0) is 61.1 Å². The molecule has 1 aromatic carbocycles. The smallest absolute Gasteiger partial charge is 0.394 e. The van der Waals surface area contributed by atoms with Gasteiger partial charge in [0.2, 0.25) is 0 Å². The molecule has 190 valence electrons. The zero-order valence-corrected chi connectivity index (χ0v) is 19.9. The second-order valence-corrected chi connectivity index (χ2v) is 9.66. The Morgan fingerprint density at radius 3 is 2.26 bits per heavy atom. The highest BCUT2D eigenvalue weighted by Gasteiger charge is 2.42. The Bertz CT molecular complexity index is 1160. The van der Waals surface area contributed by atoms with Gasteiger partial charge in [-0.3, -0.25) is 28.1 Å². The molecule has 3 aliphatic heterocycles. The van der Waals surface area contributed by atoms with E-state index in [9.17, 15) is 5.11 Å². The minimum atomic E-state index is -4.67. The third-order valence-corrected chi connectivity index (χ3v) is 5.82. The topological polar surface area (TPSA) is 195 Å². The summed E-state index contributed by atoms with van der Waals surface area (Å²) in [6, 6.07) is 7.96. The van der Waals surface area contributed by atoms with Crippen molar-refractivity contribution in [2.75, 3.05) is 20.2 Å². The lowest BCUT2D eigenvalue weighted by molar-refractivity contribution is -0.0444. The molecule has 0 aliphatic carbocycles. The molecule has 3 fully saturated rings. The summed E-state index contributed by atoms with van der Waals surface area (Å²) in [5.74, 6) is 2.01. The van der Waals surface area contributed by atoms with Crippen LogP contribution in [0.4, 0.5) is 0 Å². The number of fused-ring (bicyclic) bond motifs is 4. The van der Waals surface area contributed by atoms with E-state index in [2.05, 4.69) is 22.5 Å². The first-order valence-corrected chi connectivity index (χ1v) is 12.9. The lowest BCUT2D eigenvalue weighted by atomic mass is 9.73. The normalized spacial score (nSPS) is 24.8. The highest BCUT2D eigenvalue weighted by Crippen LogP contribution is 2.42. The number of hydrogen-bond donors (Lipinski definition) is 5. The number of nitrogens with zero attached hydrogens (tertiary/aromatic N) is 2. The lowest BCUT2D eigenvalue weighted by Gasteiger charge is -2.50. The van der Waals surface area contributed by atoms with Gasteiger partial charge in [-0.1, -0.05) is 6.08 Å². The minimum absolute atomic E-state index is 0.178. The molecule has 5 rings (SSSR count). The molecule has 3 aliphatic rings. The fraction of sp³-hybridized carbons (Fsp3) is 0.450. The molecule has 0 spiro atoms. The van der Waals surface area contributed by atoms with Crippen LogP contribution >= 0.6 is 0 Å². The quantitative estimate of drug-likeness (QED) is 0.290. The number of benzene rings is 1. The number of rotatable bonds is 4. The van der Waals surface area contributed by atoms with E-state index < -0.39 is 26.9 Å². The zero-order chi connectivity index (χ0) is 25.7. The average molecular weight is 521 g/mol. The monoisotopic (exact) mass is 520 g/mol. The lowest BCUT2D eigenvalue weighted by Crippen LogP contribution is -2.54. The van der Waals surface area contributed by atoms with Crippen LogP contribution in [0.25, 0.3) is 10.9 Å². The fourth-order valence-corrected chi connectivity index (χ4v) is 4.44. The Labute approximate surface area is 198 Å². The van der Waals surface area contributed by atoms with Gasteiger partial charge in [0, 0.05) is 24.2 Å². The maximum Gasteiger partial charge on any atom is 0.394 e. The molecular weight excluding hydrogens is 492 g/mol. The highest BCUT2D eigenvalue weighted by atomic mass is 32.3. The van der Waals surface area contributed by atoms with Gasteiger partial charge in [0.1, 0.15) is 5.75 Å². The average Bonchev–Trinajstić information content (AvgIpc) is 2.75. The van der Waals surface area contributed by atoms with Crippen molar-refractivity contribution in [3.63, 3.8) is 0 Å². The van der Waals surface area contributed by atoms with E-state index in [0.29, 0.717) is 11.8 Å².